The van der Waals surface area contributed by atoms with Gasteiger partial charge in [-0.05, 0) is 70.3 Å². The molecule has 0 aromatic rings. The smallest absolute Gasteiger partial charge is 0.330 e. The number of aliphatic hydroxyl groups is 2. The third-order valence-corrected chi connectivity index (χ3v) is 10.9. The van der Waals surface area contributed by atoms with Gasteiger partial charge >= 0.3 is 17.9 Å². The van der Waals surface area contributed by atoms with Crippen LogP contribution in [0.15, 0.2) is 23.8 Å². The monoisotopic (exact) mass is 734 g/mol. The SMILES string of the molecule is CCCCCCCC(=O)O[C@H]1/C(=C/C(=O)OC)C[C@H]2C[C@H](C(C)=O)OC(=O)C[C@H](O)C[C@@H]3CCC[C@H](C[C@@H]4CCC[C@H](/C=C\C(C)(C)[C@]1(O)O2)O4)O3. The molecule has 0 aromatic heterocycles. The second-order valence-corrected chi connectivity index (χ2v) is 15.7. The Morgan fingerprint density at radius 1 is 0.923 bits per heavy atom. The van der Waals surface area contributed by atoms with Gasteiger partial charge in [-0.2, -0.15) is 0 Å². The van der Waals surface area contributed by atoms with Crippen molar-refractivity contribution in [3.8, 4) is 0 Å². The van der Waals surface area contributed by atoms with Crippen molar-refractivity contribution in [1.82, 2.24) is 0 Å². The highest BCUT2D eigenvalue weighted by Crippen LogP contribution is 2.47. The zero-order valence-corrected chi connectivity index (χ0v) is 31.8. The fourth-order valence-electron chi connectivity index (χ4n) is 7.82. The Bertz CT molecular complexity index is 1270. The molecule has 4 rings (SSSR count). The molecule has 0 unspecified atom stereocenters. The summed E-state index contributed by atoms with van der Waals surface area (Å²) < 4.78 is 35.9. The third kappa shape index (κ3) is 11.9. The van der Waals surface area contributed by atoms with Crippen LogP contribution in [0.5, 0.6) is 0 Å². The number of aliphatic hydroxyl groups excluding tert-OH is 1. The largest absolute Gasteiger partial charge is 0.466 e. The van der Waals surface area contributed by atoms with Crippen LogP contribution in [0.2, 0.25) is 0 Å². The Balaban J connectivity index is 1.70. The highest BCUT2D eigenvalue weighted by molar-refractivity contribution is 5.84. The number of unbranched alkanes of at least 4 members (excludes halogenated alkanes) is 4. The van der Waals surface area contributed by atoms with E-state index < -0.39 is 59.3 Å². The molecule has 4 heterocycles. The van der Waals surface area contributed by atoms with Gasteiger partial charge in [0.05, 0.1) is 50.2 Å². The first-order valence-corrected chi connectivity index (χ1v) is 19.5. The van der Waals surface area contributed by atoms with Crippen LogP contribution in [0.3, 0.4) is 0 Å². The van der Waals surface area contributed by atoms with Crippen molar-refractivity contribution in [3.05, 3.63) is 23.8 Å². The Labute approximate surface area is 308 Å². The number of rotatable bonds is 9. The lowest BCUT2D eigenvalue weighted by molar-refractivity contribution is -0.326. The fourth-order valence-corrected chi connectivity index (χ4v) is 7.82. The summed E-state index contributed by atoms with van der Waals surface area (Å²) in [5.41, 5.74) is -0.992. The van der Waals surface area contributed by atoms with Crippen LogP contribution in [0.25, 0.3) is 0 Å². The van der Waals surface area contributed by atoms with E-state index in [1.165, 1.54) is 20.1 Å². The van der Waals surface area contributed by atoms with Crippen LogP contribution >= 0.6 is 0 Å². The summed E-state index contributed by atoms with van der Waals surface area (Å²) in [6.07, 6.45) is 10.2. The lowest BCUT2D eigenvalue weighted by Crippen LogP contribution is -2.62. The van der Waals surface area contributed by atoms with Crippen molar-refractivity contribution in [3.63, 3.8) is 0 Å². The first-order chi connectivity index (χ1) is 24.7. The van der Waals surface area contributed by atoms with Crippen molar-refractivity contribution >= 4 is 23.7 Å². The molecule has 6 bridgehead atoms. The molecule has 0 spiro atoms. The molecule has 0 radical (unpaired) electrons. The Hall–Kier alpha value is -2.64. The lowest BCUT2D eigenvalue weighted by Gasteiger charge is -2.51. The van der Waals surface area contributed by atoms with Crippen LogP contribution in [0, 0.1) is 5.41 Å². The van der Waals surface area contributed by atoms with E-state index in [4.69, 9.17) is 28.4 Å². The second kappa shape index (κ2) is 19.6. The van der Waals surface area contributed by atoms with Crippen LogP contribution in [0.1, 0.15) is 137 Å². The van der Waals surface area contributed by atoms with Gasteiger partial charge in [-0.15, -0.1) is 0 Å². The van der Waals surface area contributed by atoms with Gasteiger partial charge in [0, 0.05) is 30.8 Å². The molecule has 3 saturated heterocycles. The number of ether oxygens (including phenoxy) is 6. The van der Waals surface area contributed by atoms with Crippen LogP contribution in [-0.4, -0.2) is 95.6 Å². The average molecular weight is 735 g/mol. The maximum absolute atomic E-state index is 13.3. The molecule has 12 heteroatoms. The van der Waals surface area contributed by atoms with Gasteiger partial charge < -0.3 is 38.6 Å². The molecule has 4 aliphatic heterocycles. The summed E-state index contributed by atoms with van der Waals surface area (Å²) in [6, 6.07) is 0. The molecule has 4 aliphatic rings. The minimum atomic E-state index is -2.23. The van der Waals surface area contributed by atoms with Crippen LogP contribution < -0.4 is 0 Å². The minimum absolute atomic E-state index is 0.0246. The molecular weight excluding hydrogens is 672 g/mol. The quantitative estimate of drug-likeness (QED) is 0.0974. The van der Waals surface area contributed by atoms with E-state index in [0.29, 0.717) is 12.8 Å². The van der Waals surface area contributed by atoms with Crippen molar-refractivity contribution in [2.24, 2.45) is 5.41 Å². The van der Waals surface area contributed by atoms with E-state index in [1.807, 2.05) is 6.08 Å². The van der Waals surface area contributed by atoms with Crippen molar-refractivity contribution in [2.45, 2.75) is 191 Å². The first kappa shape index (κ1) is 42.1. The van der Waals surface area contributed by atoms with E-state index in [-0.39, 0.29) is 62.1 Å². The van der Waals surface area contributed by atoms with Gasteiger partial charge in [-0.3, -0.25) is 14.4 Å². The number of fused-ring (bicyclic) bond motifs is 6. The highest BCUT2D eigenvalue weighted by Gasteiger charge is 2.57. The zero-order valence-electron chi connectivity index (χ0n) is 31.8. The van der Waals surface area contributed by atoms with Crippen LogP contribution in [0.4, 0.5) is 0 Å². The number of hydrogen-bond acceptors (Lipinski definition) is 12. The molecule has 52 heavy (non-hydrogen) atoms. The van der Waals surface area contributed by atoms with E-state index in [2.05, 4.69) is 6.92 Å². The molecule has 294 valence electrons. The number of methoxy groups -OCH3 is 1. The molecule has 2 N–H and O–H groups in total. The Kier molecular flexibility index (Phi) is 15.9. The average Bonchev–Trinajstić information content (AvgIpc) is 3.08. The first-order valence-electron chi connectivity index (χ1n) is 19.5. The zero-order chi connectivity index (χ0) is 37.9. The topological polar surface area (TPSA) is 164 Å². The van der Waals surface area contributed by atoms with Crippen molar-refractivity contribution < 1.29 is 57.8 Å². The third-order valence-electron chi connectivity index (χ3n) is 10.9. The lowest BCUT2D eigenvalue weighted by atomic mass is 9.74. The van der Waals surface area contributed by atoms with Gasteiger partial charge in [0.2, 0.25) is 5.79 Å². The predicted molar refractivity (Wildman–Crippen MR) is 191 cm³/mol. The fraction of sp³-hybridized carbons (Fsp3) is 0.800. The summed E-state index contributed by atoms with van der Waals surface area (Å²) in [5.74, 6) is -4.69. The summed E-state index contributed by atoms with van der Waals surface area (Å²) in [4.78, 5) is 51.9. The van der Waals surface area contributed by atoms with Gasteiger partial charge in [-0.25, -0.2) is 4.79 Å². The van der Waals surface area contributed by atoms with Gasteiger partial charge in [0.25, 0.3) is 0 Å². The molecule has 9 atom stereocenters. The van der Waals surface area contributed by atoms with Gasteiger partial charge in [0.1, 0.15) is 0 Å². The Morgan fingerprint density at radius 3 is 2.29 bits per heavy atom. The van der Waals surface area contributed by atoms with E-state index >= 15 is 0 Å². The molecule has 0 amide bonds. The maximum Gasteiger partial charge on any atom is 0.330 e. The normalized spacial score (nSPS) is 35.8. The number of Topliss-reactive ketones (excluding diaryl/α,β-unsaturated/α-hetero) is 1. The molecule has 0 aliphatic carbocycles. The second-order valence-electron chi connectivity index (χ2n) is 15.7. The molecule has 3 fully saturated rings. The maximum atomic E-state index is 13.3. The standard InChI is InChI=1S/C40H62O12/c1-6-7-8-9-10-17-35(43)51-38-27(21-36(44)47-5)20-33-25-34(26(2)41)50-37(45)23-28(42)22-30-14-12-16-32(49-30)24-31-15-11-13-29(48-31)18-19-39(3,4)40(38,46)52-33/h18-19,21,28-34,38,42,46H,6-17,20,22-25H2,1-5H3/b19-18-,27-21+/t28-,29-,30+,31+,32-,33+,34-,38+,40-/m1/s1. The molecule has 0 saturated carbocycles. The van der Waals surface area contributed by atoms with E-state index in [9.17, 15) is 29.4 Å². The summed E-state index contributed by atoms with van der Waals surface area (Å²) in [5, 5.41) is 23.5. The predicted octanol–water partition coefficient (Wildman–Crippen LogP) is 5.73. The molecular formula is C40H62O12. The Morgan fingerprint density at radius 2 is 1.60 bits per heavy atom. The number of carbonyl (C=O) groups is 4. The van der Waals surface area contributed by atoms with Crippen molar-refractivity contribution in [1.29, 1.82) is 0 Å². The molecule has 12 nitrogen and oxygen atoms in total. The van der Waals surface area contributed by atoms with Gasteiger partial charge in [-0.1, -0.05) is 58.6 Å². The number of esters is 3. The van der Waals surface area contributed by atoms with Crippen LogP contribution in [-0.2, 0) is 47.6 Å². The summed E-state index contributed by atoms with van der Waals surface area (Å²) >= 11 is 0. The number of carbonyl (C=O) groups excluding carboxylic acids is 4. The number of hydrogen-bond donors (Lipinski definition) is 2. The molecule has 0 aromatic carbocycles. The van der Waals surface area contributed by atoms with Crippen molar-refractivity contribution in [2.75, 3.05) is 7.11 Å². The summed E-state index contributed by atoms with van der Waals surface area (Å²) in [7, 11) is 1.22. The van der Waals surface area contributed by atoms with Gasteiger partial charge in [0.15, 0.2) is 18.0 Å². The summed E-state index contributed by atoms with van der Waals surface area (Å²) in [6.45, 7) is 6.90. The minimum Gasteiger partial charge on any atom is -0.466 e. The van der Waals surface area contributed by atoms with E-state index in [0.717, 1.165) is 64.2 Å². The number of ketones is 1. The van der Waals surface area contributed by atoms with E-state index in [1.54, 1.807) is 19.9 Å². The number of cyclic esters (lactones) is 1. The highest BCUT2D eigenvalue weighted by atomic mass is 16.7.